The number of Topliss-reactive ketones (excluding diaryl/α,β-unsaturated/α-hetero) is 1. The Kier molecular flexibility index (Phi) is 6.23. The highest BCUT2D eigenvalue weighted by Gasteiger charge is 2.17. The van der Waals surface area contributed by atoms with Crippen molar-refractivity contribution in [3.05, 3.63) is 99.0 Å². The van der Waals surface area contributed by atoms with Crippen LogP contribution in [0.4, 0.5) is 0 Å². The van der Waals surface area contributed by atoms with Crippen LogP contribution in [0.25, 0.3) is 0 Å². The lowest BCUT2D eigenvalue weighted by atomic mass is 10.0. The van der Waals surface area contributed by atoms with Crippen molar-refractivity contribution in [2.75, 3.05) is 0 Å². The zero-order chi connectivity index (χ0) is 20.1. The van der Waals surface area contributed by atoms with Crippen LogP contribution in [-0.2, 0) is 0 Å². The molecular weight excluding hydrogens is 444 g/mol. The maximum Gasteiger partial charge on any atom is 0.344 e. The second-order valence-corrected chi connectivity index (χ2v) is 7.00. The molecule has 7 heteroatoms. The van der Waals surface area contributed by atoms with Gasteiger partial charge in [-0.2, -0.15) is 5.10 Å². The van der Waals surface area contributed by atoms with Crippen molar-refractivity contribution in [3.8, 4) is 5.75 Å². The molecule has 0 atom stereocenters. The van der Waals surface area contributed by atoms with E-state index < -0.39 is 5.97 Å². The smallest absolute Gasteiger partial charge is 0.344 e. The molecule has 0 unspecified atom stereocenters. The molecule has 0 aliphatic carbocycles. The van der Waals surface area contributed by atoms with Gasteiger partial charge >= 0.3 is 5.97 Å². The molecule has 3 rings (SSSR count). The van der Waals surface area contributed by atoms with Gasteiger partial charge in [-0.25, -0.2) is 4.79 Å². The van der Waals surface area contributed by atoms with Crippen molar-refractivity contribution in [3.63, 3.8) is 0 Å². The van der Waals surface area contributed by atoms with Gasteiger partial charge in [-0.05, 0) is 76.6 Å². The molecule has 5 nitrogen and oxygen atoms in total. The lowest BCUT2D eigenvalue weighted by molar-refractivity contribution is 0.0733. The van der Waals surface area contributed by atoms with Crippen molar-refractivity contribution < 1.29 is 14.3 Å². The molecular formula is C21H14BrClN2O3. The van der Waals surface area contributed by atoms with Gasteiger partial charge < -0.3 is 10.6 Å². The summed E-state index contributed by atoms with van der Waals surface area (Å²) in [6.45, 7) is 0. The van der Waals surface area contributed by atoms with Gasteiger partial charge in [0.25, 0.3) is 0 Å². The summed E-state index contributed by atoms with van der Waals surface area (Å²) < 4.78 is 6.01. The van der Waals surface area contributed by atoms with E-state index in [0.717, 1.165) is 0 Å². The summed E-state index contributed by atoms with van der Waals surface area (Å²) in [5.74, 6) is 4.94. The Balaban J connectivity index is 1.77. The lowest BCUT2D eigenvalue weighted by Crippen LogP contribution is -2.18. The van der Waals surface area contributed by atoms with Crippen LogP contribution in [0.2, 0.25) is 5.02 Å². The Morgan fingerprint density at radius 3 is 2.11 bits per heavy atom. The average molecular weight is 458 g/mol. The summed E-state index contributed by atoms with van der Waals surface area (Å²) in [7, 11) is 0. The molecule has 140 valence electrons. The van der Waals surface area contributed by atoms with Gasteiger partial charge in [-0.15, -0.1) is 0 Å². The van der Waals surface area contributed by atoms with Crippen molar-refractivity contribution in [2.24, 2.45) is 10.9 Å². The van der Waals surface area contributed by atoms with Gasteiger partial charge in [0.15, 0.2) is 0 Å². The number of esters is 1. The number of carbonyl (C=O) groups is 2. The molecule has 0 saturated heterocycles. The fourth-order valence-electron chi connectivity index (χ4n) is 2.47. The van der Waals surface area contributed by atoms with Crippen LogP contribution in [0.3, 0.4) is 0 Å². The summed E-state index contributed by atoms with van der Waals surface area (Å²) in [5, 5.41) is 4.15. The maximum atomic E-state index is 12.6. The van der Waals surface area contributed by atoms with Crippen LogP contribution >= 0.6 is 27.5 Å². The van der Waals surface area contributed by atoms with E-state index in [1.54, 1.807) is 72.8 Å². The number of ketones is 1. The molecule has 0 heterocycles. The minimum Gasteiger partial charge on any atom is -0.423 e. The van der Waals surface area contributed by atoms with Crippen LogP contribution in [0.1, 0.15) is 26.3 Å². The summed E-state index contributed by atoms with van der Waals surface area (Å²) in [5.41, 5.74) is 1.42. The predicted molar refractivity (Wildman–Crippen MR) is 112 cm³/mol. The van der Waals surface area contributed by atoms with Gasteiger partial charge in [0.05, 0.1) is 5.56 Å². The molecule has 0 fully saturated rings. The number of ether oxygens (including phenoxy) is 1. The SMILES string of the molecule is N/N=C(/C(=O)c1ccc(Cl)cc1)c1ccc(OC(=O)c2ccccc2Br)cc1. The van der Waals surface area contributed by atoms with Crippen molar-refractivity contribution in [1.29, 1.82) is 0 Å². The topological polar surface area (TPSA) is 81.8 Å². The minimum atomic E-state index is -0.495. The maximum absolute atomic E-state index is 12.6. The third-order valence-corrected chi connectivity index (χ3v) is 4.83. The van der Waals surface area contributed by atoms with Crippen molar-refractivity contribution in [2.45, 2.75) is 0 Å². The molecule has 0 aliphatic rings. The first kappa shape index (κ1) is 19.8. The van der Waals surface area contributed by atoms with Crippen LogP contribution in [0.5, 0.6) is 5.75 Å². The first-order chi connectivity index (χ1) is 13.5. The molecule has 2 N–H and O–H groups in total. The van der Waals surface area contributed by atoms with Crippen LogP contribution < -0.4 is 10.6 Å². The molecule has 0 bridgehead atoms. The molecule has 0 aliphatic heterocycles. The Hall–Kier alpha value is -2.96. The summed E-state index contributed by atoms with van der Waals surface area (Å²) in [4.78, 5) is 24.9. The van der Waals surface area contributed by atoms with Gasteiger partial charge in [0, 0.05) is 20.6 Å². The Morgan fingerprint density at radius 2 is 1.50 bits per heavy atom. The van der Waals surface area contributed by atoms with E-state index >= 15 is 0 Å². The molecule has 3 aromatic carbocycles. The number of hydrazone groups is 1. The van der Waals surface area contributed by atoms with Gasteiger partial charge in [-0.3, -0.25) is 4.79 Å². The van der Waals surface area contributed by atoms with Gasteiger partial charge in [0.2, 0.25) is 5.78 Å². The van der Waals surface area contributed by atoms with E-state index in [1.165, 1.54) is 0 Å². The van der Waals surface area contributed by atoms with Gasteiger partial charge in [0.1, 0.15) is 11.5 Å². The van der Waals surface area contributed by atoms with Crippen molar-refractivity contribution >= 4 is 45.0 Å². The van der Waals surface area contributed by atoms with Crippen molar-refractivity contribution in [1.82, 2.24) is 0 Å². The third-order valence-electron chi connectivity index (χ3n) is 3.88. The second-order valence-electron chi connectivity index (χ2n) is 5.71. The summed E-state index contributed by atoms with van der Waals surface area (Å²) in [6.07, 6.45) is 0. The van der Waals surface area contributed by atoms with E-state index in [4.69, 9.17) is 22.2 Å². The Morgan fingerprint density at radius 1 is 0.893 bits per heavy atom. The standard InChI is InChI=1S/C21H14BrClN2O3/c22-18-4-2-1-3-17(18)21(27)28-16-11-7-13(8-12-16)19(25-24)20(26)14-5-9-15(23)10-6-14/h1-12H,24H2/b25-19+. The molecule has 0 amide bonds. The normalized spacial score (nSPS) is 11.1. The molecule has 0 spiro atoms. The minimum absolute atomic E-state index is 0.0889. The van der Waals surface area contributed by atoms with Crippen LogP contribution in [-0.4, -0.2) is 17.5 Å². The van der Waals surface area contributed by atoms with E-state index in [2.05, 4.69) is 21.0 Å². The number of nitrogens with zero attached hydrogens (tertiary/aromatic N) is 1. The summed E-state index contributed by atoms with van der Waals surface area (Å²) >= 11 is 9.17. The molecule has 28 heavy (non-hydrogen) atoms. The Labute approximate surface area is 174 Å². The quantitative estimate of drug-likeness (QED) is 0.148. The highest BCUT2D eigenvalue weighted by molar-refractivity contribution is 9.10. The third kappa shape index (κ3) is 4.47. The number of halogens is 2. The fourth-order valence-corrected chi connectivity index (χ4v) is 3.04. The lowest BCUT2D eigenvalue weighted by Gasteiger charge is -2.08. The largest absolute Gasteiger partial charge is 0.423 e. The second kappa shape index (κ2) is 8.82. The number of rotatable bonds is 5. The number of hydrogen-bond donors (Lipinski definition) is 1. The molecule has 0 saturated carbocycles. The molecule has 0 aromatic heterocycles. The highest BCUT2D eigenvalue weighted by atomic mass is 79.9. The van der Waals surface area contributed by atoms with E-state index in [-0.39, 0.29) is 11.5 Å². The first-order valence-electron chi connectivity index (χ1n) is 8.15. The van der Waals surface area contributed by atoms with Crippen LogP contribution in [0, 0.1) is 0 Å². The first-order valence-corrected chi connectivity index (χ1v) is 9.32. The fraction of sp³-hybridized carbons (Fsp3) is 0. The number of nitrogens with two attached hydrogens (primary N) is 1. The number of carbonyl (C=O) groups excluding carboxylic acids is 2. The molecule has 0 radical (unpaired) electrons. The Bertz CT molecular complexity index is 1050. The van der Waals surface area contributed by atoms with E-state index in [9.17, 15) is 9.59 Å². The number of hydrogen-bond acceptors (Lipinski definition) is 5. The predicted octanol–water partition coefficient (Wildman–Crippen LogP) is 4.87. The zero-order valence-electron chi connectivity index (χ0n) is 14.4. The summed E-state index contributed by atoms with van der Waals surface area (Å²) in [6, 6.07) is 19.8. The van der Waals surface area contributed by atoms with Crippen LogP contribution in [0.15, 0.2) is 82.4 Å². The average Bonchev–Trinajstić information content (AvgIpc) is 2.70. The van der Waals surface area contributed by atoms with Gasteiger partial charge in [-0.1, -0.05) is 23.7 Å². The zero-order valence-corrected chi connectivity index (χ0v) is 16.8. The van der Waals surface area contributed by atoms with E-state index in [0.29, 0.717) is 31.9 Å². The number of benzene rings is 3. The highest BCUT2D eigenvalue weighted by Crippen LogP contribution is 2.20. The molecule has 3 aromatic rings. The monoisotopic (exact) mass is 456 g/mol. The van der Waals surface area contributed by atoms with E-state index in [1.807, 2.05) is 0 Å².